The molecule has 2 N–H and O–H groups in total. The molecule has 7 heteroatoms. The Morgan fingerprint density at radius 3 is 2.13 bits per heavy atom. The molecule has 6 nitrogen and oxygen atoms in total. The maximum Gasteiger partial charge on any atom is 0.410 e. The number of likely N-dealkylation sites (tertiary alicyclic amines) is 1. The van der Waals surface area contributed by atoms with Gasteiger partial charge in [0.2, 0.25) is 10.0 Å². The molecule has 0 radical (unpaired) electrons. The van der Waals surface area contributed by atoms with E-state index in [4.69, 9.17) is 9.88 Å². The molecule has 0 saturated carbocycles. The third kappa shape index (κ3) is 4.94. The van der Waals surface area contributed by atoms with Gasteiger partial charge < -0.3 is 9.64 Å². The van der Waals surface area contributed by atoms with Crippen LogP contribution in [0.15, 0.2) is 29.2 Å². The Bertz CT molecular complexity index is 654. The molecular formula is C16H24N2O4S. The van der Waals surface area contributed by atoms with Crippen LogP contribution in [0.4, 0.5) is 4.79 Å². The molecule has 0 spiro atoms. The Hall–Kier alpha value is -1.60. The van der Waals surface area contributed by atoms with Crippen molar-refractivity contribution in [1.82, 2.24) is 4.90 Å². The second-order valence-electron chi connectivity index (χ2n) is 6.86. The van der Waals surface area contributed by atoms with Crippen molar-refractivity contribution in [2.24, 2.45) is 5.14 Å². The zero-order valence-electron chi connectivity index (χ0n) is 13.8. The van der Waals surface area contributed by atoms with Gasteiger partial charge in [-0.15, -0.1) is 0 Å². The number of rotatable bonds is 2. The molecule has 1 fully saturated rings. The lowest BCUT2D eigenvalue weighted by atomic mass is 9.90. The summed E-state index contributed by atoms with van der Waals surface area (Å²) >= 11 is 0. The number of amides is 1. The van der Waals surface area contributed by atoms with Crippen LogP contribution in [0.3, 0.4) is 0 Å². The summed E-state index contributed by atoms with van der Waals surface area (Å²) in [6, 6.07) is 6.66. The van der Waals surface area contributed by atoms with Gasteiger partial charge in [0.25, 0.3) is 0 Å². The van der Waals surface area contributed by atoms with Gasteiger partial charge in [0.05, 0.1) is 4.90 Å². The van der Waals surface area contributed by atoms with E-state index in [9.17, 15) is 13.2 Å². The number of hydrogen-bond donors (Lipinski definition) is 1. The molecule has 1 aromatic carbocycles. The van der Waals surface area contributed by atoms with Crippen LogP contribution in [0.1, 0.15) is 45.1 Å². The third-order valence-electron chi connectivity index (χ3n) is 3.83. The lowest BCUT2D eigenvalue weighted by Crippen LogP contribution is -2.41. The van der Waals surface area contributed by atoms with E-state index in [1.165, 1.54) is 12.1 Å². The van der Waals surface area contributed by atoms with Gasteiger partial charge in [0.1, 0.15) is 5.60 Å². The Kier molecular flexibility index (Phi) is 5.01. The summed E-state index contributed by atoms with van der Waals surface area (Å²) in [7, 11) is -3.66. The monoisotopic (exact) mass is 340 g/mol. The molecule has 2 rings (SSSR count). The summed E-state index contributed by atoms with van der Waals surface area (Å²) in [4.78, 5) is 13.9. The fourth-order valence-electron chi connectivity index (χ4n) is 2.65. The van der Waals surface area contributed by atoms with Gasteiger partial charge in [0.15, 0.2) is 0 Å². The number of benzene rings is 1. The predicted octanol–water partition coefficient (Wildman–Crippen LogP) is 2.45. The fraction of sp³-hybridized carbons (Fsp3) is 0.562. The van der Waals surface area contributed by atoms with Crippen molar-refractivity contribution in [2.75, 3.05) is 13.1 Å². The maximum atomic E-state index is 12.0. The SMILES string of the molecule is CC(C)(C)OC(=O)N1CCC(c2ccc(S(N)(=O)=O)cc2)CC1. The predicted molar refractivity (Wildman–Crippen MR) is 87.6 cm³/mol. The summed E-state index contributed by atoms with van der Waals surface area (Å²) in [6.07, 6.45) is 1.38. The minimum Gasteiger partial charge on any atom is -0.444 e. The first kappa shape index (κ1) is 17.7. The van der Waals surface area contributed by atoms with Gasteiger partial charge in [-0.05, 0) is 57.2 Å². The first-order valence-corrected chi connectivity index (χ1v) is 9.21. The number of primary sulfonamides is 1. The van der Waals surface area contributed by atoms with Gasteiger partial charge in [-0.1, -0.05) is 12.1 Å². The molecule has 1 saturated heterocycles. The van der Waals surface area contributed by atoms with E-state index < -0.39 is 15.6 Å². The van der Waals surface area contributed by atoms with Gasteiger partial charge in [-0.2, -0.15) is 0 Å². The molecule has 1 heterocycles. The second kappa shape index (κ2) is 6.49. The second-order valence-corrected chi connectivity index (χ2v) is 8.42. The molecule has 1 aromatic rings. The normalized spacial score (nSPS) is 17.1. The van der Waals surface area contributed by atoms with Crippen LogP contribution in [0, 0.1) is 0 Å². The molecular weight excluding hydrogens is 316 g/mol. The van der Waals surface area contributed by atoms with Crippen molar-refractivity contribution in [1.29, 1.82) is 0 Å². The van der Waals surface area contributed by atoms with Crippen LogP contribution in [0.2, 0.25) is 0 Å². The molecule has 23 heavy (non-hydrogen) atoms. The Morgan fingerprint density at radius 2 is 1.70 bits per heavy atom. The van der Waals surface area contributed by atoms with Crippen molar-refractivity contribution in [2.45, 2.75) is 50.0 Å². The summed E-state index contributed by atoms with van der Waals surface area (Å²) in [5.41, 5.74) is 0.582. The smallest absolute Gasteiger partial charge is 0.410 e. The van der Waals surface area contributed by atoms with Crippen molar-refractivity contribution in [3.63, 3.8) is 0 Å². The number of piperidine rings is 1. The maximum absolute atomic E-state index is 12.0. The highest BCUT2D eigenvalue weighted by molar-refractivity contribution is 7.89. The number of nitrogens with zero attached hydrogens (tertiary/aromatic N) is 1. The van der Waals surface area contributed by atoms with E-state index in [2.05, 4.69) is 0 Å². The quantitative estimate of drug-likeness (QED) is 0.895. The molecule has 0 aromatic heterocycles. The van der Waals surface area contributed by atoms with E-state index in [0.717, 1.165) is 18.4 Å². The summed E-state index contributed by atoms with van der Waals surface area (Å²) in [5.74, 6) is 0.309. The van der Waals surface area contributed by atoms with E-state index >= 15 is 0 Å². The molecule has 128 valence electrons. The number of nitrogens with two attached hydrogens (primary N) is 1. The van der Waals surface area contributed by atoms with E-state index in [0.29, 0.717) is 19.0 Å². The fourth-order valence-corrected chi connectivity index (χ4v) is 3.17. The molecule has 0 aliphatic carbocycles. The standard InChI is InChI=1S/C16H24N2O4S/c1-16(2,3)22-15(19)18-10-8-13(9-11-18)12-4-6-14(7-5-12)23(17,20)21/h4-7,13H,8-11H2,1-3H3,(H2,17,20,21). The van der Waals surface area contributed by atoms with Gasteiger partial charge in [-0.3, -0.25) is 0 Å². The number of sulfonamides is 1. The number of hydrogen-bond acceptors (Lipinski definition) is 4. The Morgan fingerprint density at radius 1 is 1.17 bits per heavy atom. The van der Waals surface area contributed by atoms with Crippen LogP contribution in [-0.2, 0) is 14.8 Å². The third-order valence-corrected chi connectivity index (χ3v) is 4.76. The van der Waals surface area contributed by atoms with Crippen LogP contribution in [0.25, 0.3) is 0 Å². The van der Waals surface area contributed by atoms with E-state index in [-0.39, 0.29) is 11.0 Å². The van der Waals surface area contributed by atoms with Crippen LogP contribution in [-0.4, -0.2) is 38.1 Å². The van der Waals surface area contributed by atoms with Crippen molar-refractivity contribution >= 4 is 16.1 Å². The number of carbonyl (C=O) groups is 1. The van der Waals surface area contributed by atoms with Crippen molar-refractivity contribution in [3.8, 4) is 0 Å². The van der Waals surface area contributed by atoms with Gasteiger partial charge in [0, 0.05) is 13.1 Å². The molecule has 0 unspecified atom stereocenters. The van der Waals surface area contributed by atoms with Crippen LogP contribution >= 0.6 is 0 Å². The summed E-state index contributed by atoms with van der Waals surface area (Å²) in [5, 5.41) is 5.10. The van der Waals surface area contributed by atoms with Crippen LogP contribution < -0.4 is 5.14 Å². The van der Waals surface area contributed by atoms with Crippen molar-refractivity contribution in [3.05, 3.63) is 29.8 Å². The molecule has 0 bridgehead atoms. The highest BCUT2D eigenvalue weighted by Gasteiger charge is 2.27. The average Bonchev–Trinajstić information content (AvgIpc) is 2.45. The molecule has 0 atom stereocenters. The average molecular weight is 340 g/mol. The largest absolute Gasteiger partial charge is 0.444 e. The Labute approximate surface area is 137 Å². The van der Waals surface area contributed by atoms with Gasteiger partial charge >= 0.3 is 6.09 Å². The zero-order valence-corrected chi connectivity index (χ0v) is 14.6. The molecule has 1 amide bonds. The zero-order chi connectivity index (χ0) is 17.3. The van der Waals surface area contributed by atoms with Crippen LogP contribution in [0.5, 0.6) is 0 Å². The topological polar surface area (TPSA) is 89.7 Å². The lowest BCUT2D eigenvalue weighted by molar-refractivity contribution is 0.0205. The van der Waals surface area contributed by atoms with E-state index in [1.54, 1.807) is 17.0 Å². The minimum absolute atomic E-state index is 0.118. The van der Waals surface area contributed by atoms with E-state index in [1.807, 2.05) is 20.8 Å². The first-order chi connectivity index (χ1) is 10.6. The minimum atomic E-state index is -3.66. The molecule has 1 aliphatic rings. The summed E-state index contributed by atoms with van der Waals surface area (Å²) in [6.45, 7) is 6.83. The van der Waals surface area contributed by atoms with Gasteiger partial charge in [-0.25, -0.2) is 18.4 Å². The van der Waals surface area contributed by atoms with Crippen molar-refractivity contribution < 1.29 is 17.9 Å². The molecule has 1 aliphatic heterocycles. The highest BCUT2D eigenvalue weighted by atomic mass is 32.2. The number of carbonyl (C=O) groups excluding carboxylic acids is 1. The summed E-state index contributed by atoms with van der Waals surface area (Å²) < 4.78 is 27.9. The number of ether oxygens (including phenoxy) is 1. The lowest BCUT2D eigenvalue weighted by Gasteiger charge is -2.33. The highest BCUT2D eigenvalue weighted by Crippen LogP contribution is 2.29. The Balaban J connectivity index is 1.95. The first-order valence-electron chi connectivity index (χ1n) is 7.67.